The number of nitrogens with zero attached hydrogens (tertiary/aromatic N) is 4. The average Bonchev–Trinajstić information content (AvgIpc) is 3.09. The second kappa shape index (κ2) is 5.68. The van der Waals surface area contributed by atoms with Gasteiger partial charge in [-0.25, -0.2) is 9.88 Å². The van der Waals surface area contributed by atoms with Gasteiger partial charge >= 0.3 is 0 Å². The van der Waals surface area contributed by atoms with Gasteiger partial charge in [0.15, 0.2) is 0 Å². The van der Waals surface area contributed by atoms with Crippen LogP contribution in [-0.4, -0.2) is 31.4 Å². The van der Waals surface area contributed by atoms with E-state index in [4.69, 9.17) is 46.4 Å². The van der Waals surface area contributed by atoms with Crippen molar-refractivity contribution < 1.29 is 9.59 Å². The summed E-state index contributed by atoms with van der Waals surface area (Å²) < 4.78 is 0.995. The van der Waals surface area contributed by atoms with E-state index in [0.29, 0.717) is 10.6 Å². The number of hydrogen-bond donors (Lipinski definition) is 1. The lowest BCUT2D eigenvalue weighted by Gasteiger charge is -2.08. The molecular weight excluding hydrogens is 428 g/mol. The van der Waals surface area contributed by atoms with Gasteiger partial charge < -0.3 is 0 Å². The molecule has 0 unspecified atom stereocenters. The highest BCUT2D eigenvalue weighted by molar-refractivity contribution is 6.56. The molecule has 0 bridgehead atoms. The maximum Gasteiger partial charge on any atom is 0.274 e. The lowest BCUT2D eigenvalue weighted by molar-refractivity contribution is 0.0924. The van der Waals surface area contributed by atoms with E-state index in [1.54, 1.807) is 6.92 Å². The van der Waals surface area contributed by atoms with Crippen molar-refractivity contribution in [3.8, 4) is 0 Å². The maximum absolute atomic E-state index is 12.8. The number of fused-ring (bicyclic) bond motifs is 2. The van der Waals surface area contributed by atoms with Gasteiger partial charge in [-0.2, -0.15) is 9.50 Å². The smallest absolute Gasteiger partial charge is 0.268 e. The normalized spacial score (nSPS) is 13.8. The van der Waals surface area contributed by atoms with Crippen LogP contribution in [0.5, 0.6) is 0 Å². The first-order valence-electron chi connectivity index (χ1n) is 6.93. The average molecular weight is 433 g/mol. The molecule has 0 fully saturated rings. The summed E-state index contributed by atoms with van der Waals surface area (Å²) in [6.07, 6.45) is 0. The Labute approximate surface area is 164 Å². The summed E-state index contributed by atoms with van der Waals surface area (Å²) in [5, 5.41) is 1.89. The Morgan fingerprint density at radius 1 is 0.885 bits per heavy atom. The molecule has 0 aliphatic carbocycles. The zero-order valence-electron chi connectivity index (χ0n) is 12.6. The minimum absolute atomic E-state index is 0.00480. The molecule has 0 saturated heterocycles. The largest absolute Gasteiger partial charge is 0.274 e. The van der Waals surface area contributed by atoms with Crippen molar-refractivity contribution in [1.29, 1.82) is 0 Å². The van der Waals surface area contributed by atoms with Gasteiger partial charge in [-0.05, 0) is 6.92 Å². The van der Waals surface area contributed by atoms with Gasteiger partial charge in [-0.1, -0.05) is 46.4 Å². The Kier molecular flexibility index (Phi) is 3.78. The topological polar surface area (TPSA) is 100 Å². The predicted octanol–water partition coefficient (Wildman–Crippen LogP) is 3.14. The number of aryl methyl sites for hydroxylation is 1. The van der Waals surface area contributed by atoms with Crippen molar-refractivity contribution in [2.75, 3.05) is 4.90 Å². The molecule has 0 saturated carbocycles. The highest BCUT2D eigenvalue weighted by Gasteiger charge is 2.44. The Morgan fingerprint density at radius 3 is 1.96 bits per heavy atom. The van der Waals surface area contributed by atoms with E-state index in [-0.39, 0.29) is 42.9 Å². The summed E-state index contributed by atoms with van der Waals surface area (Å²) in [5.74, 6) is -1.83. The second-order valence-corrected chi connectivity index (χ2v) is 6.88. The quantitative estimate of drug-likeness (QED) is 0.361. The van der Waals surface area contributed by atoms with Crippen molar-refractivity contribution in [1.82, 2.24) is 19.6 Å². The summed E-state index contributed by atoms with van der Waals surface area (Å²) in [7, 11) is 0. The molecule has 3 heterocycles. The van der Waals surface area contributed by atoms with E-state index in [1.807, 2.05) is 0 Å². The van der Waals surface area contributed by atoms with Gasteiger partial charge in [0.2, 0.25) is 5.95 Å². The maximum atomic E-state index is 12.8. The van der Waals surface area contributed by atoms with E-state index in [1.165, 1.54) is 6.07 Å². The molecule has 2 amide bonds. The summed E-state index contributed by atoms with van der Waals surface area (Å²) >= 11 is 24.1. The van der Waals surface area contributed by atoms with E-state index in [0.717, 1.165) is 4.52 Å². The van der Waals surface area contributed by atoms with Crippen LogP contribution >= 0.6 is 46.4 Å². The van der Waals surface area contributed by atoms with E-state index >= 15 is 0 Å². The Hall–Kier alpha value is -2.13. The monoisotopic (exact) mass is 431 g/mol. The van der Waals surface area contributed by atoms with E-state index in [9.17, 15) is 14.4 Å². The molecule has 2 aromatic heterocycles. The third kappa shape index (κ3) is 2.20. The van der Waals surface area contributed by atoms with Crippen molar-refractivity contribution in [3.63, 3.8) is 0 Å². The number of imide groups is 1. The van der Waals surface area contributed by atoms with Crippen molar-refractivity contribution in [3.05, 3.63) is 53.3 Å². The molecule has 3 aromatic rings. The molecule has 1 aliphatic heterocycles. The number of carbonyl (C=O) groups is 2. The number of anilines is 1. The Morgan fingerprint density at radius 2 is 1.42 bits per heavy atom. The van der Waals surface area contributed by atoms with Gasteiger partial charge in [0.25, 0.3) is 23.2 Å². The minimum atomic E-state index is -0.806. The van der Waals surface area contributed by atoms with Crippen LogP contribution in [0.1, 0.15) is 26.4 Å². The molecule has 132 valence electrons. The first kappa shape index (κ1) is 17.3. The molecule has 12 heteroatoms. The number of rotatable bonds is 1. The molecule has 0 radical (unpaired) electrons. The number of nitrogens with one attached hydrogen (secondary N) is 1. The summed E-state index contributed by atoms with van der Waals surface area (Å²) in [6.45, 7) is 1.61. The van der Waals surface area contributed by atoms with Gasteiger partial charge in [0.05, 0.1) is 31.2 Å². The summed E-state index contributed by atoms with van der Waals surface area (Å²) in [5.41, 5.74) is -0.397. The molecule has 0 spiro atoms. The van der Waals surface area contributed by atoms with Gasteiger partial charge in [-0.15, -0.1) is 0 Å². The highest BCUT2D eigenvalue weighted by atomic mass is 35.5. The number of benzene rings is 1. The second-order valence-electron chi connectivity index (χ2n) is 5.37. The first-order valence-corrected chi connectivity index (χ1v) is 8.44. The molecule has 1 aromatic carbocycles. The number of halogens is 4. The summed E-state index contributed by atoms with van der Waals surface area (Å²) in [6, 6.07) is 1.27. The Balaban J connectivity index is 1.95. The fourth-order valence-electron chi connectivity index (χ4n) is 2.62. The third-order valence-corrected chi connectivity index (χ3v) is 5.56. The van der Waals surface area contributed by atoms with Crippen molar-refractivity contribution in [2.45, 2.75) is 6.92 Å². The SMILES string of the molecule is Cc1cc(=O)n2[nH]c(N3C(=O)c4c(Cl)c(Cl)c(Cl)c(Cl)c4C3=O)nc2n1. The number of carbonyl (C=O) groups excluding carboxylic acids is 2. The summed E-state index contributed by atoms with van der Waals surface area (Å²) in [4.78, 5) is 46.3. The van der Waals surface area contributed by atoms with Crippen LogP contribution < -0.4 is 10.5 Å². The fourth-order valence-corrected chi connectivity index (χ4v) is 3.64. The zero-order chi connectivity index (χ0) is 18.9. The van der Waals surface area contributed by atoms with E-state index in [2.05, 4.69) is 15.1 Å². The van der Waals surface area contributed by atoms with Crippen LogP contribution in [0.25, 0.3) is 5.78 Å². The molecule has 8 nitrogen and oxygen atoms in total. The van der Waals surface area contributed by atoms with Crippen LogP contribution in [0.4, 0.5) is 5.95 Å². The van der Waals surface area contributed by atoms with Crippen LogP contribution in [0.2, 0.25) is 20.1 Å². The predicted molar refractivity (Wildman–Crippen MR) is 96.0 cm³/mol. The van der Waals surface area contributed by atoms with Crippen LogP contribution in [0, 0.1) is 6.92 Å². The van der Waals surface area contributed by atoms with Crippen molar-refractivity contribution in [2.24, 2.45) is 0 Å². The molecule has 1 aliphatic rings. The van der Waals surface area contributed by atoms with Crippen molar-refractivity contribution >= 4 is 69.9 Å². The van der Waals surface area contributed by atoms with Gasteiger partial charge in [0, 0.05) is 11.8 Å². The zero-order valence-corrected chi connectivity index (χ0v) is 15.6. The standard InChI is InChI=1S/C14H5Cl4N5O3/c1-3-2-4(24)23-13(19-3)20-14(21-23)22-11(25)5-6(12(22)26)8(16)10(18)9(17)7(5)15/h2H,1H3,(H,19,20,21). The van der Waals surface area contributed by atoms with Crippen LogP contribution in [0.15, 0.2) is 10.9 Å². The molecule has 0 atom stereocenters. The van der Waals surface area contributed by atoms with Crippen LogP contribution in [-0.2, 0) is 0 Å². The number of aromatic nitrogens is 4. The number of H-pyrrole nitrogens is 1. The fraction of sp³-hybridized carbons (Fsp3) is 0.0714. The number of hydrogen-bond acceptors (Lipinski definition) is 5. The van der Waals surface area contributed by atoms with Crippen LogP contribution in [0.3, 0.4) is 0 Å². The van der Waals surface area contributed by atoms with Gasteiger partial charge in [-0.3, -0.25) is 19.5 Å². The third-order valence-electron chi connectivity index (χ3n) is 3.76. The van der Waals surface area contributed by atoms with E-state index < -0.39 is 17.4 Å². The number of aromatic amines is 1. The lowest BCUT2D eigenvalue weighted by atomic mass is 10.1. The molecule has 4 rings (SSSR count). The first-order chi connectivity index (χ1) is 12.2. The molecule has 26 heavy (non-hydrogen) atoms. The minimum Gasteiger partial charge on any atom is -0.268 e. The number of amides is 2. The lowest BCUT2D eigenvalue weighted by Crippen LogP contribution is -2.30. The molecular formula is C14H5Cl4N5O3. The highest BCUT2D eigenvalue weighted by Crippen LogP contribution is 2.45. The van der Waals surface area contributed by atoms with Gasteiger partial charge in [0.1, 0.15) is 0 Å². The molecule has 1 N–H and O–H groups in total. The Bertz CT molecular complexity index is 1170.